The van der Waals surface area contributed by atoms with Gasteiger partial charge in [0.1, 0.15) is 11.0 Å². The largest absolute Gasteiger partial charge is 0.472 e. The fourth-order valence-electron chi connectivity index (χ4n) is 4.07. The Morgan fingerprint density at radius 1 is 1.26 bits per heavy atom. The Kier molecular flexibility index (Phi) is 7.03. The van der Waals surface area contributed by atoms with Crippen molar-refractivity contribution >= 4 is 21.9 Å². The SMILES string of the molecule is Cc1cccc(C)c1-c1cc(OC2CCN(C(=O)CCO)C2)nc(NS(=O)(=O)c2cnn(C)c2)n1. The lowest BCUT2D eigenvalue weighted by atomic mass is 10.00. The Labute approximate surface area is 203 Å². The molecule has 0 radical (unpaired) electrons. The fraction of sp³-hybridized carbons (Fsp3) is 0.391. The van der Waals surface area contributed by atoms with E-state index < -0.39 is 10.0 Å². The van der Waals surface area contributed by atoms with Crippen molar-refractivity contribution in [2.45, 2.75) is 37.7 Å². The van der Waals surface area contributed by atoms with Crippen LogP contribution in [-0.4, -0.2) is 69.9 Å². The molecule has 1 aliphatic rings. The van der Waals surface area contributed by atoms with Crippen LogP contribution in [0.5, 0.6) is 5.88 Å². The first-order chi connectivity index (χ1) is 16.7. The Hall–Kier alpha value is -3.51. The molecule has 1 amide bonds. The highest BCUT2D eigenvalue weighted by atomic mass is 32.2. The zero-order valence-electron chi connectivity index (χ0n) is 19.8. The zero-order valence-corrected chi connectivity index (χ0v) is 20.6. The molecular formula is C23H28N6O5S. The minimum atomic E-state index is -3.97. The molecule has 0 saturated carbocycles. The standard InChI is InChI=1S/C23H28N6O5S/c1-15-5-4-6-16(2)22(15)19-11-20(34-17-7-9-29(13-17)21(31)8-10-30)26-23(25-19)27-35(32,33)18-12-24-28(3)14-18/h4-6,11-12,14,17,30H,7-10,13H2,1-3H3,(H,25,26,27). The highest BCUT2D eigenvalue weighted by molar-refractivity contribution is 7.92. The van der Waals surface area contributed by atoms with Gasteiger partial charge < -0.3 is 14.7 Å². The van der Waals surface area contributed by atoms with Gasteiger partial charge in [-0.15, -0.1) is 0 Å². The Morgan fingerprint density at radius 2 is 2.00 bits per heavy atom. The fourth-order valence-corrected chi connectivity index (χ4v) is 5.00. The van der Waals surface area contributed by atoms with Gasteiger partial charge in [0.05, 0.1) is 25.0 Å². The molecule has 3 heterocycles. The Bertz CT molecular complexity index is 1320. The average molecular weight is 501 g/mol. The number of sulfonamides is 1. The number of aliphatic hydroxyl groups is 1. The van der Waals surface area contributed by atoms with Crippen molar-refractivity contribution < 1.29 is 23.1 Å². The van der Waals surface area contributed by atoms with E-state index in [1.165, 1.54) is 17.1 Å². The predicted molar refractivity (Wildman–Crippen MR) is 128 cm³/mol. The van der Waals surface area contributed by atoms with Crippen molar-refractivity contribution in [1.29, 1.82) is 0 Å². The van der Waals surface area contributed by atoms with E-state index in [1.54, 1.807) is 18.0 Å². The molecule has 2 aromatic heterocycles. The molecule has 11 nitrogen and oxygen atoms in total. The Morgan fingerprint density at radius 3 is 2.66 bits per heavy atom. The molecule has 35 heavy (non-hydrogen) atoms. The van der Waals surface area contributed by atoms with E-state index in [0.717, 1.165) is 16.7 Å². The molecule has 0 aliphatic carbocycles. The molecule has 1 saturated heterocycles. The summed E-state index contributed by atoms with van der Waals surface area (Å²) >= 11 is 0. The van der Waals surface area contributed by atoms with Gasteiger partial charge in [0.2, 0.25) is 17.7 Å². The lowest BCUT2D eigenvalue weighted by Gasteiger charge is -2.18. The number of carbonyl (C=O) groups excluding carboxylic acids is 1. The van der Waals surface area contributed by atoms with Crippen LogP contribution in [0.1, 0.15) is 24.0 Å². The van der Waals surface area contributed by atoms with Crippen LogP contribution in [0.3, 0.4) is 0 Å². The molecule has 1 aromatic carbocycles. The summed E-state index contributed by atoms with van der Waals surface area (Å²) < 4.78 is 35.7. The van der Waals surface area contributed by atoms with Crippen molar-refractivity contribution in [2.24, 2.45) is 7.05 Å². The van der Waals surface area contributed by atoms with Gasteiger partial charge in [-0.05, 0) is 25.0 Å². The molecular weight excluding hydrogens is 472 g/mol. The summed E-state index contributed by atoms with van der Waals surface area (Å²) in [4.78, 5) is 22.5. The first-order valence-electron chi connectivity index (χ1n) is 11.2. The molecule has 1 aliphatic heterocycles. The zero-order chi connectivity index (χ0) is 25.2. The number of anilines is 1. The summed E-state index contributed by atoms with van der Waals surface area (Å²) in [5.41, 5.74) is 3.31. The average Bonchev–Trinajstić information content (AvgIpc) is 3.43. The summed E-state index contributed by atoms with van der Waals surface area (Å²) in [5, 5.41) is 12.9. The second-order valence-corrected chi connectivity index (χ2v) is 10.2. The lowest BCUT2D eigenvalue weighted by Crippen LogP contribution is -2.31. The van der Waals surface area contributed by atoms with Crippen molar-refractivity contribution in [1.82, 2.24) is 24.6 Å². The number of hydrogen-bond donors (Lipinski definition) is 2. The summed E-state index contributed by atoms with van der Waals surface area (Å²) in [6.45, 7) is 4.57. The van der Waals surface area contributed by atoms with Crippen molar-refractivity contribution in [3.05, 3.63) is 47.8 Å². The number of carbonyl (C=O) groups is 1. The number of aromatic nitrogens is 4. The van der Waals surface area contributed by atoms with E-state index in [-0.39, 0.29) is 41.8 Å². The molecule has 1 atom stereocenters. The molecule has 2 N–H and O–H groups in total. The van der Waals surface area contributed by atoms with Crippen LogP contribution < -0.4 is 9.46 Å². The van der Waals surface area contributed by atoms with Gasteiger partial charge in [0, 0.05) is 44.3 Å². The summed E-state index contributed by atoms with van der Waals surface area (Å²) in [7, 11) is -2.35. The van der Waals surface area contributed by atoms with Crippen LogP contribution in [0.2, 0.25) is 0 Å². The van der Waals surface area contributed by atoms with E-state index in [2.05, 4.69) is 19.8 Å². The minimum absolute atomic E-state index is 0.0163. The van der Waals surface area contributed by atoms with Crippen LogP contribution in [-0.2, 0) is 21.9 Å². The number of aliphatic hydroxyl groups excluding tert-OH is 1. The summed E-state index contributed by atoms with van der Waals surface area (Å²) in [6.07, 6.45) is 2.96. The maximum absolute atomic E-state index is 12.9. The number of hydrogen-bond acceptors (Lipinski definition) is 8. The molecule has 3 aromatic rings. The summed E-state index contributed by atoms with van der Waals surface area (Å²) in [5.74, 6) is -0.0688. The highest BCUT2D eigenvalue weighted by Crippen LogP contribution is 2.30. The number of ether oxygens (including phenoxy) is 1. The third-order valence-electron chi connectivity index (χ3n) is 5.77. The summed E-state index contributed by atoms with van der Waals surface area (Å²) in [6, 6.07) is 7.52. The van der Waals surface area contributed by atoms with Gasteiger partial charge in [-0.25, -0.2) is 18.1 Å². The van der Waals surface area contributed by atoms with E-state index in [9.17, 15) is 13.2 Å². The van der Waals surface area contributed by atoms with Gasteiger partial charge in [-0.2, -0.15) is 10.1 Å². The van der Waals surface area contributed by atoms with Crippen LogP contribution >= 0.6 is 0 Å². The molecule has 12 heteroatoms. The maximum Gasteiger partial charge on any atom is 0.267 e. The minimum Gasteiger partial charge on any atom is -0.472 e. The predicted octanol–water partition coefficient (Wildman–Crippen LogP) is 1.66. The van der Waals surface area contributed by atoms with Crippen molar-refractivity contribution in [3.63, 3.8) is 0 Å². The number of likely N-dealkylation sites (tertiary alicyclic amines) is 1. The van der Waals surface area contributed by atoms with Gasteiger partial charge in [0.15, 0.2) is 0 Å². The van der Waals surface area contributed by atoms with Crippen LogP contribution in [0.25, 0.3) is 11.3 Å². The second kappa shape index (κ2) is 10.0. The quantitative estimate of drug-likeness (QED) is 0.476. The first kappa shape index (κ1) is 24.6. The van der Waals surface area contributed by atoms with Crippen LogP contribution in [0, 0.1) is 13.8 Å². The van der Waals surface area contributed by atoms with Crippen LogP contribution in [0.15, 0.2) is 41.6 Å². The highest BCUT2D eigenvalue weighted by Gasteiger charge is 2.28. The van der Waals surface area contributed by atoms with E-state index >= 15 is 0 Å². The number of aryl methyl sites for hydroxylation is 3. The normalized spacial score (nSPS) is 15.9. The van der Waals surface area contributed by atoms with E-state index in [1.807, 2.05) is 32.0 Å². The number of amides is 1. The number of rotatable bonds is 8. The first-order valence-corrected chi connectivity index (χ1v) is 12.7. The van der Waals surface area contributed by atoms with Crippen LogP contribution in [0.4, 0.5) is 5.95 Å². The second-order valence-electron chi connectivity index (χ2n) is 8.48. The Balaban J connectivity index is 1.66. The van der Waals surface area contributed by atoms with Crippen molar-refractivity contribution in [3.8, 4) is 17.1 Å². The smallest absolute Gasteiger partial charge is 0.267 e. The van der Waals surface area contributed by atoms with Gasteiger partial charge in [0.25, 0.3) is 10.0 Å². The van der Waals surface area contributed by atoms with Crippen molar-refractivity contribution in [2.75, 3.05) is 24.4 Å². The molecule has 1 unspecified atom stereocenters. The monoisotopic (exact) mass is 500 g/mol. The number of benzene rings is 1. The lowest BCUT2D eigenvalue weighted by molar-refractivity contribution is -0.131. The van der Waals surface area contributed by atoms with Gasteiger partial charge in [-0.3, -0.25) is 9.48 Å². The molecule has 1 fully saturated rings. The molecule has 0 spiro atoms. The topological polar surface area (TPSA) is 140 Å². The van der Waals surface area contributed by atoms with Gasteiger partial charge in [-0.1, -0.05) is 18.2 Å². The van der Waals surface area contributed by atoms with Gasteiger partial charge >= 0.3 is 0 Å². The number of nitrogens with zero attached hydrogens (tertiary/aromatic N) is 5. The third-order valence-corrected chi connectivity index (χ3v) is 7.05. The maximum atomic E-state index is 12.9. The van der Waals surface area contributed by atoms with E-state index in [0.29, 0.717) is 25.2 Å². The molecule has 4 rings (SSSR count). The van der Waals surface area contributed by atoms with E-state index in [4.69, 9.17) is 9.84 Å². The molecule has 0 bridgehead atoms. The third kappa shape index (κ3) is 5.60. The molecule has 186 valence electrons. The number of nitrogens with one attached hydrogen (secondary N) is 1.